The van der Waals surface area contributed by atoms with Crippen molar-refractivity contribution in [2.45, 2.75) is 6.92 Å². The summed E-state index contributed by atoms with van der Waals surface area (Å²) in [6.45, 7) is 2.82. The first-order valence-corrected chi connectivity index (χ1v) is 11.0. The fourth-order valence-electron chi connectivity index (χ4n) is 3.66. The summed E-state index contributed by atoms with van der Waals surface area (Å²) >= 11 is 5.93. The Bertz CT molecular complexity index is 1440. The average molecular weight is 474 g/mol. The summed E-state index contributed by atoms with van der Waals surface area (Å²) in [5.74, 6) is 0.605. The Labute approximate surface area is 200 Å². The average Bonchev–Trinajstić information content (AvgIpc) is 2.85. The molecule has 34 heavy (non-hydrogen) atoms. The van der Waals surface area contributed by atoms with E-state index in [4.69, 9.17) is 21.1 Å². The summed E-state index contributed by atoms with van der Waals surface area (Å²) < 4.78 is 11.1. The fraction of sp³-hybridized carbons (Fsp3) is 0.115. The van der Waals surface area contributed by atoms with Crippen LogP contribution in [0, 0.1) is 6.92 Å². The number of ether oxygens (including phenoxy) is 2. The van der Waals surface area contributed by atoms with Crippen molar-refractivity contribution in [2.24, 2.45) is 0 Å². The maximum absolute atomic E-state index is 12.9. The van der Waals surface area contributed by atoms with E-state index in [0.717, 1.165) is 10.9 Å². The second-order valence-corrected chi connectivity index (χ2v) is 8.23. The minimum absolute atomic E-state index is 0.268. The molecule has 1 aromatic heterocycles. The highest BCUT2D eigenvalue weighted by Crippen LogP contribution is 2.31. The van der Waals surface area contributed by atoms with Gasteiger partial charge >= 0.3 is 0 Å². The number of aryl methyl sites for hydroxylation is 1. The van der Waals surface area contributed by atoms with Crippen LogP contribution < -0.4 is 20.1 Å². The molecule has 0 spiro atoms. The highest BCUT2D eigenvalue weighted by atomic mass is 35.5. The fourth-order valence-corrected chi connectivity index (χ4v) is 3.81. The molecule has 3 aromatic carbocycles. The van der Waals surface area contributed by atoms with Crippen molar-refractivity contribution in [3.05, 3.63) is 88.6 Å². The Hall–Kier alpha value is -4.10. The van der Waals surface area contributed by atoms with E-state index in [1.807, 2.05) is 19.1 Å². The number of anilines is 2. The molecular weight excluding hydrogens is 454 g/mol. The first-order valence-electron chi connectivity index (χ1n) is 10.7. The molecule has 0 saturated heterocycles. The Kier molecular flexibility index (Phi) is 5.77. The molecule has 0 aliphatic carbocycles. The zero-order chi connectivity index (χ0) is 23.7. The highest BCUT2D eigenvalue weighted by molar-refractivity contribution is 6.29. The van der Waals surface area contributed by atoms with Crippen LogP contribution in [0.4, 0.5) is 11.4 Å². The van der Waals surface area contributed by atoms with Gasteiger partial charge in [0.05, 0.1) is 5.52 Å². The van der Waals surface area contributed by atoms with E-state index < -0.39 is 0 Å². The lowest BCUT2D eigenvalue weighted by atomic mass is 10.1. The van der Waals surface area contributed by atoms with Gasteiger partial charge in [-0.3, -0.25) is 9.59 Å². The monoisotopic (exact) mass is 473 g/mol. The summed E-state index contributed by atoms with van der Waals surface area (Å²) in [5, 5.41) is 7.00. The predicted octanol–water partition coefficient (Wildman–Crippen LogP) is 5.47. The van der Waals surface area contributed by atoms with E-state index in [0.29, 0.717) is 57.9 Å². The largest absolute Gasteiger partial charge is 0.486 e. The third-order valence-electron chi connectivity index (χ3n) is 5.47. The van der Waals surface area contributed by atoms with Gasteiger partial charge in [0.1, 0.15) is 18.4 Å². The number of halogens is 1. The molecule has 0 fully saturated rings. The summed E-state index contributed by atoms with van der Waals surface area (Å²) in [6, 6.07) is 19.1. The van der Waals surface area contributed by atoms with Crippen molar-refractivity contribution in [3.8, 4) is 11.5 Å². The molecule has 0 saturated carbocycles. The zero-order valence-corrected chi connectivity index (χ0v) is 19.0. The molecule has 2 heterocycles. The van der Waals surface area contributed by atoms with Crippen LogP contribution in [-0.2, 0) is 0 Å². The van der Waals surface area contributed by atoms with E-state index in [1.165, 1.54) is 0 Å². The van der Waals surface area contributed by atoms with Crippen molar-refractivity contribution in [3.63, 3.8) is 0 Å². The second kappa shape index (κ2) is 9.03. The molecule has 1 aliphatic rings. The van der Waals surface area contributed by atoms with Gasteiger partial charge in [-0.2, -0.15) is 0 Å². The van der Waals surface area contributed by atoms with Crippen molar-refractivity contribution < 1.29 is 19.1 Å². The molecule has 0 atom stereocenters. The predicted molar refractivity (Wildman–Crippen MR) is 131 cm³/mol. The van der Waals surface area contributed by atoms with Crippen molar-refractivity contribution in [2.75, 3.05) is 23.8 Å². The number of carbonyl (C=O) groups is 2. The lowest BCUT2D eigenvalue weighted by Gasteiger charge is -2.18. The third-order valence-corrected chi connectivity index (χ3v) is 5.68. The normalized spacial score (nSPS) is 12.3. The number of fused-ring (bicyclic) bond motifs is 2. The highest BCUT2D eigenvalue weighted by Gasteiger charge is 2.16. The number of carbonyl (C=O) groups excluding carboxylic acids is 2. The molecule has 2 N–H and O–H groups in total. The van der Waals surface area contributed by atoms with Crippen molar-refractivity contribution >= 4 is 45.7 Å². The van der Waals surface area contributed by atoms with Gasteiger partial charge in [-0.15, -0.1) is 0 Å². The molecule has 0 radical (unpaired) electrons. The molecule has 0 bridgehead atoms. The molecular formula is C26H20ClN3O4. The quantitative estimate of drug-likeness (QED) is 0.383. The molecule has 0 unspecified atom stereocenters. The number of rotatable bonds is 4. The first-order chi connectivity index (χ1) is 16.5. The van der Waals surface area contributed by atoms with Gasteiger partial charge in [-0.05, 0) is 73.2 Å². The van der Waals surface area contributed by atoms with E-state index in [-0.39, 0.29) is 11.8 Å². The number of hydrogen-bond acceptors (Lipinski definition) is 5. The van der Waals surface area contributed by atoms with Gasteiger partial charge in [-0.1, -0.05) is 17.7 Å². The minimum Gasteiger partial charge on any atom is -0.486 e. The molecule has 2 amide bonds. The number of pyridine rings is 1. The van der Waals surface area contributed by atoms with E-state index in [9.17, 15) is 9.59 Å². The summed E-state index contributed by atoms with van der Waals surface area (Å²) in [6.07, 6.45) is 0. The first kappa shape index (κ1) is 21.7. The Morgan fingerprint density at radius 1 is 0.824 bits per heavy atom. The Balaban J connectivity index is 1.33. The van der Waals surface area contributed by atoms with E-state index in [2.05, 4.69) is 15.6 Å². The lowest BCUT2D eigenvalue weighted by Crippen LogP contribution is -2.17. The standard InChI is InChI=1S/C26H20ClN3O4/c1-15-2-6-19(28-25(31)18-4-8-22-23(13-18)34-11-10-33-22)14-21(15)30-26(32)17-3-7-20-16(12-17)5-9-24(27)29-20/h2-9,12-14H,10-11H2,1H3,(H,28,31)(H,30,32). The van der Waals surface area contributed by atoms with Crippen LogP contribution in [0.15, 0.2) is 66.7 Å². The van der Waals surface area contributed by atoms with Crippen LogP contribution in [0.25, 0.3) is 10.9 Å². The number of amides is 2. The van der Waals surface area contributed by atoms with Gasteiger partial charge in [0.15, 0.2) is 11.5 Å². The molecule has 170 valence electrons. The summed E-state index contributed by atoms with van der Waals surface area (Å²) in [5.41, 5.74) is 3.66. The van der Waals surface area contributed by atoms with Gasteiger partial charge in [0.25, 0.3) is 11.8 Å². The molecule has 7 nitrogen and oxygen atoms in total. The maximum atomic E-state index is 12.9. The van der Waals surface area contributed by atoms with Gasteiger partial charge in [-0.25, -0.2) is 4.98 Å². The molecule has 5 rings (SSSR count). The lowest BCUT2D eigenvalue weighted by molar-refractivity contribution is 0.101. The van der Waals surface area contributed by atoms with Crippen molar-refractivity contribution in [1.82, 2.24) is 4.98 Å². The number of nitrogens with zero attached hydrogens (tertiary/aromatic N) is 1. The van der Waals surface area contributed by atoms with Gasteiger partial charge in [0.2, 0.25) is 0 Å². The third kappa shape index (κ3) is 4.51. The van der Waals surface area contributed by atoms with Crippen LogP contribution in [0.1, 0.15) is 26.3 Å². The molecule has 8 heteroatoms. The van der Waals surface area contributed by atoms with Gasteiger partial charge in [0, 0.05) is 27.9 Å². The number of benzene rings is 3. The summed E-state index contributed by atoms with van der Waals surface area (Å²) in [4.78, 5) is 29.9. The molecule has 1 aliphatic heterocycles. The number of aromatic nitrogens is 1. The van der Waals surface area contributed by atoms with E-state index >= 15 is 0 Å². The Morgan fingerprint density at radius 2 is 1.56 bits per heavy atom. The summed E-state index contributed by atoms with van der Waals surface area (Å²) in [7, 11) is 0. The van der Waals surface area contributed by atoms with Crippen LogP contribution >= 0.6 is 11.6 Å². The number of hydrogen-bond donors (Lipinski definition) is 2. The topological polar surface area (TPSA) is 89.5 Å². The maximum Gasteiger partial charge on any atom is 0.255 e. The molecule has 4 aromatic rings. The minimum atomic E-state index is -0.293. The van der Waals surface area contributed by atoms with E-state index in [1.54, 1.807) is 54.6 Å². The van der Waals surface area contributed by atoms with Crippen LogP contribution in [-0.4, -0.2) is 30.0 Å². The Morgan fingerprint density at radius 3 is 2.41 bits per heavy atom. The second-order valence-electron chi connectivity index (χ2n) is 7.84. The van der Waals surface area contributed by atoms with Gasteiger partial charge < -0.3 is 20.1 Å². The van der Waals surface area contributed by atoms with Crippen LogP contribution in [0.2, 0.25) is 5.15 Å². The SMILES string of the molecule is Cc1ccc(NC(=O)c2ccc3c(c2)OCCO3)cc1NC(=O)c1ccc2nc(Cl)ccc2c1. The van der Waals surface area contributed by atoms with Crippen LogP contribution in [0.3, 0.4) is 0 Å². The van der Waals surface area contributed by atoms with Crippen LogP contribution in [0.5, 0.6) is 11.5 Å². The van der Waals surface area contributed by atoms with Crippen molar-refractivity contribution in [1.29, 1.82) is 0 Å². The zero-order valence-electron chi connectivity index (χ0n) is 18.2. The smallest absolute Gasteiger partial charge is 0.255 e. The number of nitrogens with one attached hydrogen (secondary N) is 2.